The average molecular weight is 538 g/mol. The Morgan fingerprint density at radius 2 is 1.49 bits per heavy atom. The van der Waals surface area contributed by atoms with E-state index in [0.29, 0.717) is 62.5 Å². The largest absolute Gasteiger partial charge is 0.368 e. The fourth-order valence-electron chi connectivity index (χ4n) is 5.09. The van der Waals surface area contributed by atoms with Crippen molar-refractivity contribution in [2.45, 2.75) is 40.0 Å². The number of hydrogen-bond acceptors (Lipinski definition) is 5. The summed E-state index contributed by atoms with van der Waals surface area (Å²) in [5.74, 6) is -0.633. The third-order valence-corrected chi connectivity index (χ3v) is 7.05. The maximum atomic E-state index is 13.3. The molecule has 0 unspecified atom stereocenters. The van der Waals surface area contributed by atoms with E-state index in [-0.39, 0.29) is 29.0 Å². The van der Waals surface area contributed by atoms with Crippen LogP contribution in [0.1, 0.15) is 60.7 Å². The number of halogens is 1. The molecule has 2 aromatic rings. The van der Waals surface area contributed by atoms with Crippen LogP contribution in [0.25, 0.3) is 0 Å². The molecule has 2 heterocycles. The van der Waals surface area contributed by atoms with Gasteiger partial charge in [-0.3, -0.25) is 14.4 Å². The zero-order chi connectivity index (χ0) is 28.0. The zero-order valence-electron chi connectivity index (χ0n) is 23.3. The molecule has 0 saturated carbocycles. The lowest BCUT2D eigenvalue weighted by atomic mass is 9.92. The van der Waals surface area contributed by atoms with Gasteiger partial charge in [0.05, 0.1) is 11.4 Å². The third-order valence-electron chi connectivity index (χ3n) is 7.05. The lowest BCUT2D eigenvalue weighted by molar-refractivity contribution is -0.117. The van der Waals surface area contributed by atoms with Gasteiger partial charge in [-0.2, -0.15) is 0 Å². The van der Waals surface area contributed by atoms with E-state index in [2.05, 4.69) is 15.5 Å². The van der Waals surface area contributed by atoms with Crippen molar-refractivity contribution in [2.24, 2.45) is 5.41 Å². The Hall–Kier alpha value is -3.46. The molecular weight excluding hydrogens is 497 g/mol. The lowest BCUT2D eigenvalue weighted by Crippen LogP contribution is -2.36. The van der Waals surface area contributed by atoms with Gasteiger partial charge >= 0.3 is 0 Å². The van der Waals surface area contributed by atoms with Gasteiger partial charge in [-0.15, -0.1) is 0 Å². The number of anilines is 2. The highest BCUT2D eigenvalue weighted by atomic mass is 19.1. The second-order valence-corrected chi connectivity index (χ2v) is 11.6. The summed E-state index contributed by atoms with van der Waals surface area (Å²) in [5, 5.41) is 6.40. The fourth-order valence-corrected chi connectivity index (χ4v) is 5.09. The molecule has 0 spiro atoms. The molecule has 0 aromatic heterocycles. The van der Waals surface area contributed by atoms with Crippen LogP contribution in [0.4, 0.5) is 15.8 Å². The molecule has 0 radical (unpaired) electrons. The quantitative estimate of drug-likeness (QED) is 0.603. The Kier molecular flexibility index (Phi) is 9.22. The monoisotopic (exact) mass is 537 g/mol. The second-order valence-electron chi connectivity index (χ2n) is 11.6. The van der Waals surface area contributed by atoms with Crippen LogP contribution in [0.15, 0.2) is 42.5 Å². The molecule has 2 fully saturated rings. The summed E-state index contributed by atoms with van der Waals surface area (Å²) >= 11 is 0. The minimum absolute atomic E-state index is 0.0384. The minimum atomic E-state index is -0.371. The molecule has 2 aliphatic rings. The van der Waals surface area contributed by atoms with Crippen molar-refractivity contribution >= 4 is 29.1 Å². The molecule has 0 bridgehead atoms. The van der Waals surface area contributed by atoms with E-state index in [4.69, 9.17) is 0 Å². The van der Waals surface area contributed by atoms with Crippen LogP contribution >= 0.6 is 0 Å². The Morgan fingerprint density at radius 3 is 2.23 bits per heavy atom. The van der Waals surface area contributed by atoms with Gasteiger partial charge in [0.1, 0.15) is 5.82 Å². The Labute approximate surface area is 230 Å². The van der Waals surface area contributed by atoms with Crippen molar-refractivity contribution in [3.63, 3.8) is 0 Å². The SMILES string of the molecule is CC(C)(C)CC(=O)Nc1cc(C(=O)N2CCCNCC2)ccc1N1CCCN(C(=O)c2ccc(F)cc2)CC1. The van der Waals surface area contributed by atoms with Crippen molar-refractivity contribution in [1.29, 1.82) is 0 Å². The van der Waals surface area contributed by atoms with Gasteiger partial charge < -0.3 is 25.3 Å². The highest BCUT2D eigenvalue weighted by molar-refractivity contribution is 6.00. The highest BCUT2D eigenvalue weighted by Gasteiger charge is 2.25. The van der Waals surface area contributed by atoms with Gasteiger partial charge in [-0.05, 0) is 67.3 Å². The van der Waals surface area contributed by atoms with Crippen LogP contribution in [0.5, 0.6) is 0 Å². The van der Waals surface area contributed by atoms with Crippen LogP contribution in [0.2, 0.25) is 0 Å². The van der Waals surface area contributed by atoms with Gasteiger partial charge in [0.25, 0.3) is 11.8 Å². The van der Waals surface area contributed by atoms with E-state index in [1.807, 2.05) is 37.8 Å². The molecule has 0 aliphatic carbocycles. The lowest BCUT2D eigenvalue weighted by Gasteiger charge is -2.28. The Bertz CT molecular complexity index is 1170. The topological polar surface area (TPSA) is 85.0 Å². The predicted octanol–water partition coefficient (Wildman–Crippen LogP) is 3.99. The first-order chi connectivity index (χ1) is 18.6. The summed E-state index contributed by atoms with van der Waals surface area (Å²) < 4.78 is 13.3. The predicted molar refractivity (Wildman–Crippen MR) is 152 cm³/mol. The van der Waals surface area contributed by atoms with Gasteiger partial charge in [0.15, 0.2) is 0 Å². The minimum Gasteiger partial charge on any atom is -0.368 e. The Morgan fingerprint density at radius 1 is 0.821 bits per heavy atom. The van der Waals surface area contributed by atoms with Gasteiger partial charge in [0.2, 0.25) is 5.91 Å². The normalized spacial score (nSPS) is 16.9. The smallest absolute Gasteiger partial charge is 0.253 e. The fraction of sp³-hybridized carbons (Fsp3) is 0.500. The molecule has 210 valence electrons. The molecule has 3 amide bonds. The van der Waals surface area contributed by atoms with Crippen LogP contribution in [-0.4, -0.2) is 79.9 Å². The average Bonchev–Trinajstić information content (AvgIpc) is 3.31. The number of benzene rings is 2. The van der Waals surface area contributed by atoms with Crippen LogP contribution in [-0.2, 0) is 4.79 Å². The van der Waals surface area contributed by atoms with Gasteiger partial charge in [-0.25, -0.2) is 4.39 Å². The van der Waals surface area contributed by atoms with E-state index in [1.54, 1.807) is 11.0 Å². The van der Waals surface area contributed by atoms with Crippen molar-refractivity contribution in [2.75, 3.05) is 62.6 Å². The summed E-state index contributed by atoms with van der Waals surface area (Å²) in [6.07, 6.45) is 1.99. The van der Waals surface area contributed by atoms with Crippen molar-refractivity contribution in [3.8, 4) is 0 Å². The number of carbonyl (C=O) groups is 3. The summed E-state index contributed by atoms with van der Waals surface area (Å²) in [5.41, 5.74) is 2.28. The zero-order valence-corrected chi connectivity index (χ0v) is 23.3. The molecule has 2 saturated heterocycles. The number of rotatable bonds is 5. The molecule has 0 atom stereocenters. The molecule has 2 aromatic carbocycles. The first kappa shape index (κ1) is 28.5. The number of amides is 3. The number of nitrogens with zero attached hydrogens (tertiary/aromatic N) is 3. The summed E-state index contributed by atoms with van der Waals surface area (Å²) in [4.78, 5) is 45.1. The summed E-state index contributed by atoms with van der Waals surface area (Å²) in [6.45, 7) is 11.4. The second kappa shape index (κ2) is 12.6. The number of hydrogen-bond donors (Lipinski definition) is 2. The van der Waals surface area contributed by atoms with Crippen LogP contribution in [0.3, 0.4) is 0 Å². The van der Waals surface area contributed by atoms with Crippen LogP contribution in [0, 0.1) is 11.2 Å². The molecule has 2 N–H and O–H groups in total. The first-order valence-electron chi connectivity index (χ1n) is 13.8. The van der Waals surface area contributed by atoms with Crippen molar-refractivity contribution in [3.05, 3.63) is 59.4 Å². The summed E-state index contributed by atoms with van der Waals surface area (Å²) in [6, 6.07) is 11.2. The van der Waals surface area contributed by atoms with E-state index < -0.39 is 0 Å². The van der Waals surface area contributed by atoms with Gasteiger partial charge in [-0.1, -0.05) is 20.8 Å². The standard InChI is InChI=1S/C30H40FN5O3/c1-30(2,3)21-27(37)33-25-20-23(29(39)35-14-4-12-32-13-17-35)8-11-26(25)34-15-5-16-36(19-18-34)28(38)22-6-9-24(31)10-7-22/h6-11,20,32H,4-5,12-19,21H2,1-3H3,(H,33,37). The van der Waals surface area contributed by atoms with E-state index in [1.165, 1.54) is 24.3 Å². The Balaban J connectivity index is 1.55. The summed E-state index contributed by atoms with van der Waals surface area (Å²) in [7, 11) is 0. The van der Waals surface area contributed by atoms with Crippen molar-refractivity contribution < 1.29 is 18.8 Å². The third kappa shape index (κ3) is 7.79. The molecule has 2 aliphatic heterocycles. The molecule has 8 nitrogen and oxygen atoms in total. The number of carbonyl (C=O) groups excluding carboxylic acids is 3. The van der Waals surface area contributed by atoms with E-state index in [9.17, 15) is 18.8 Å². The molecule has 9 heteroatoms. The van der Waals surface area contributed by atoms with Crippen molar-refractivity contribution in [1.82, 2.24) is 15.1 Å². The van der Waals surface area contributed by atoms with Crippen LogP contribution < -0.4 is 15.5 Å². The molecule has 4 rings (SSSR count). The van der Waals surface area contributed by atoms with E-state index >= 15 is 0 Å². The number of nitrogens with one attached hydrogen (secondary N) is 2. The van der Waals surface area contributed by atoms with Gasteiger partial charge in [0, 0.05) is 63.4 Å². The first-order valence-corrected chi connectivity index (χ1v) is 13.8. The van der Waals surface area contributed by atoms with E-state index in [0.717, 1.165) is 31.6 Å². The maximum Gasteiger partial charge on any atom is 0.253 e. The maximum absolute atomic E-state index is 13.3. The highest BCUT2D eigenvalue weighted by Crippen LogP contribution is 2.30. The molecule has 39 heavy (non-hydrogen) atoms. The molecular formula is C30H40FN5O3.